The topological polar surface area (TPSA) is 94.4 Å². The number of rotatable bonds is 4. The third-order valence-electron chi connectivity index (χ3n) is 4.38. The number of imide groups is 1. The lowest BCUT2D eigenvalue weighted by molar-refractivity contribution is -0.123. The van der Waals surface area contributed by atoms with E-state index in [1.54, 1.807) is 42.5 Å². The highest BCUT2D eigenvalue weighted by atomic mass is 35.5. The third kappa shape index (κ3) is 3.21. The molecule has 2 atom stereocenters. The molecular weight excluding hydrogens is 405 g/mol. The van der Waals surface area contributed by atoms with Crippen molar-refractivity contribution in [1.82, 2.24) is 5.01 Å². The Labute approximate surface area is 169 Å². The summed E-state index contributed by atoms with van der Waals surface area (Å²) in [5.41, 5.74) is 0.911. The minimum absolute atomic E-state index is 0.243. The first-order chi connectivity index (χ1) is 13.5. The number of anilines is 2. The Hall–Kier alpha value is -2.97. The molecule has 2 heterocycles. The van der Waals surface area contributed by atoms with E-state index in [0.717, 1.165) is 4.90 Å². The van der Waals surface area contributed by atoms with Crippen molar-refractivity contribution >= 4 is 52.3 Å². The molecule has 2 aromatic carbocycles. The van der Waals surface area contributed by atoms with Gasteiger partial charge in [0.2, 0.25) is 5.91 Å². The van der Waals surface area contributed by atoms with Crippen LogP contribution >= 0.6 is 23.2 Å². The zero-order chi connectivity index (χ0) is 19.8. The summed E-state index contributed by atoms with van der Waals surface area (Å²) in [4.78, 5) is 38.8. The van der Waals surface area contributed by atoms with E-state index >= 15 is 0 Å². The van der Waals surface area contributed by atoms with Crippen LogP contribution in [0.25, 0.3) is 0 Å². The van der Waals surface area contributed by atoms with Crippen LogP contribution in [-0.2, 0) is 14.4 Å². The molecule has 10 heteroatoms. The molecule has 0 spiro atoms. The standard InChI is InChI=1S/C18H13Cl2N5O3/c19-12-7-6-10(8-13(12)20)21-14(26)9-24-16-15(22-23-24)17(27)25(18(16)28)11-4-2-1-3-5-11/h1-8,15-16H,9H2,(H,21,26)/t15-,16+/m0/s1. The second-order valence-electron chi connectivity index (χ2n) is 6.22. The lowest BCUT2D eigenvalue weighted by Crippen LogP contribution is -2.43. The number of amides is 3. The molecule has 142 valence electrons. The van der Waals surface area contributed by atoms with Gasteiger partial charge in [-0.1, -0.05) is 46.6 Å². The van der Waals surface area contributed by atoms with Gasteiger partial charge in [-0.3, -0.25) is 19.4 Å². The molecule has 2 aromatic rings. The zero-order valence-corrected chi connectivity index (χ0v) is 15.8. The van der Waals surface area contributed by atoms with Gasteiger partial charge < -0.3 is 5.32 Å². The average molecular weight is 418 g/mol. The van der Waals surface area contributed by atoms with Crippen molar-refractivity contribution in [2.75, 3.05) is 16.8 Å². The first kappa shape index (κ1) is 18.4. The van der Waals surface area contributed by atoms with E-state index in [-0.39, 0.29) is 6.54 Å². The van der Waals surface area contributed by atoms with E-state index in [2.05, 4.69) is 15.7 Å². The van der Waals surface area contributed by atoms with E-state index in [1.165, 1.54) is 11.1 Å². The number of benzene rings is 2. The molecule has 1 saturated heterocycles. The fourth-order valence-corrected chi connectivity index (χ4v) is 3.41. The van der Waals surface area contributed by atoms with Gasteiger partial charge >= 0.3 is 0 Å². The van der Waals surface area contributed by atoms with Gasteiger partial charge in [-0.25, -0.2) is 4.90 Å². The van der Waals surface area contributed by atoms with E-state index < -0.39 is 29.8 Å². The van der Waals surface area contributed by atoms with E-state index in [9.17, 15) is 14.4 Å². The van der Waals surface area contributed by atoms with Crippen molar-refractivity contribution in [3.63, 3.8) is 0 Å². The third-order valence-corrected chi connectivity index (χ3v) is 5.12. The van der Waals surface area contributed by atoms with Gasteiger partial charge in [0.25, 0.3) is 11.8 Å². The number of hydrogen-bond donors (Lipinski definition) is 1. The smallest absolute Gasteiger partial charge is 0.263 e. The van der Waals surface area contributed by atoms with Crippen LogP contribution in [0.3, 0.4) is 0 Å². The summed E-state index contributed by atoms with van der Waals surface area (Å²) in [5.74, 6) is -1.36. The Morgan fingerprint density at radius 2 is 1.79 bits per heavy atom. The van der Waals surface area contributed by atoms with Crippen molar-refractivity contribution in [1.29, 1.82) is 0 Å². The second kappa shape index (κ2) is 7.21. The minimum Gasteiger partial charge on any atom is -0.324 e. The maximum atomic E-state index is 12.8. The molecule has 0 bridgehead atoms. The summed E-state index contributed by atoms with van der Waals surface area (Å²) in [7, 11) is 0. The first-order valence-corrected chi connectivity index (χ1v) is 9.06. The molecule has 2 aliphatic heterocycles. The van der Waals surface area contributed by atoms with E-state index in [1.807, 2.05) is 0 Å². The van der Waals surface area contributed by atoms with Crippen molar-refractivity contribution in [3.8, 4) is 0 Å². The number of nitrogens with one attached hydrogen (secondary N) is 1. The molecule has 1 fully saturated rings. The van der Waals surface area contributed by atoms with Crippen molar-refractivity contribution < 1.29 is 14.4 Å². The van der Waals surface area contributed by atoms with Gasteiger partial charge in [0.05, 0.1) is 15.7 Å². The fraction of sp³-hybridized carbons (Fsp3) is 0.167. The second-order valence-corrected chi connectivity index (χ2v) is 7.03. The minimum atomic E-state index is -0.953. The van der Waals surface area contributed by atoms with Gasteiger partial charge in [-0.2, -0.15) is 5.11 Å². The van der Waals surface area contributed by atoms with Crippen LogP contribution in [-0.4, -0.2) is 41.4 Å². The Morgan fingerprint density at radius 3 is 2.50 bits per heavy atom. The highest BCUT2D eigenvalue weighted by Crippen LogP contribution is 2.31. The van der Waals surface area contributed by atoms with Crippen LogP contribution in [0.2, 0.25) is 10.0 Å². The lowest BCUT2D eigenvalue weighted by atomic mass is 10.1. The van der Waals surface area contributed by atoms with Gasteiger partial charge in [-0.15, -0.1) is 0 Å². The highest BCUT2D eigenvalue weighted by molar-refractivity contribution is 6.42. The molecular formula is C18H13Cl2N5O3. The first-order valence-electron chi connectivity index (χ1n) is 8.31. The number of halogens is 2. The maximum absolute atomic E-state index is 12.8. The summed E-state index contributed by atoms with van der Waals surface area (Å²) in [5, 5.41) is 12.3. The van der Waals surface area contributed by atoms with Gasteiger partial charge in [-0.05, 0) is 30.3 Å². The monoisotopic (exact) mass is 417 g/mol. The largest absolute Gasteiger partial charge is 0.324 e. The Morgan fingerprint density at radius 1 is 1.04 bits per heavy atom. The van der Waals surface area contributed by atoms with Crippen LogP contribution in [0.15, 0.2) is 58.9 Å². The predicted molar refractivity (Wildman–Crippen MR) is 103 cm³/mol. The summed E-state index contributed by atoms with van der Waals surface area (Å²) in [6.07, 6.45) is 0. The normalized spacial score (nSPS) is 20.6. The molecule has 0 saturated carbocycles. The average Bonchev–Trinajstić information content (AvgIpc) is 3.19. The van der Waals surface area contributed by atoms with Gasteiger partial charge in [0.15, 0.2) is 12.1 Å². The summed E-state index contributed by atoms with van der Waals surface area (Å²) in [6, 6.07) is 11.3. The van der Waals surface area contributed by atoms with Gasteiger partial charge in [0.1, 0.15) is 6.54 Å². The van der Waals surface area contributed by atoms with Gasteiger partial charge in [0, 0.05) is 5.69 Å². The zero-order valence-electron chi connectivity index (χ0n) is 14.3. The van der Waals surface area contributed by atoms with Crippen molar-refractivity contribution in [2.24, 2.45) is 10.3 Å². The van der Waals surface area contributed by atoms with Crippen LogP contribution in [0.4, 0.5) is 11.4 Å². The van der Waals surface area contributed by atoms with Crippen molar-refractivity contribution in [2.45, 2.75) is 12.1 Å². The van der Waals surface area contributed by atoms with E-state index in [0.29, 0.717) is 21.4 Å². The lowest BCUT2D eigenvalue weighted by Gasteiger charge is -2.20. The molecule has 8 nitrogen and oxygen atoms in total. The van der Waals surface area contributed by atoms with Crippen LogP contribution in [0.5, 0.6) is 0 Å². The quantitative estimate of drug-likeness (QED) is 0.773. The van der Waals surface area contributed by atoms with Crippen LogP contribution < -0.4 is 10.2 Å². The fourth-order valence-electron chi connectivity index (χ4n) is 3.11. The molecule has 0 radical (unpaired) electrons. The molecule has 2 aliphatic rings. The number of carbonyl (C=O) groups is 3. The van der Waals surface area contributed by atoms with Crippen LogP contribution in [0, 0.1) is 0 Å². The number of fused-ring (bicyclic) bond motifs is 1. The Balaban J connectivity index is 1.47. The predicted octanol–water partition coefficient (Wildman–Crippen LogP) is 2.93. The molecule has 3 amide bonds. The number of hydrogen-bond acceptors (Lipinski definition) is 6. The molecule has 0 aliphatic carbocycles. The van der Waals surface area contributed by atoms with Crippen molar-refractivity contribution in [3.05, 3.63) is 58.6 Å². The highest BCUT2D eigenvalue weighted by Gasteiger charge is 2.55. The number of nitrogens with zero attached hydrogens (tertiary/aromatic N) is 4. The Bertz CT molecular complexity index is 998. The number of carbonyl (C=O) groups excluding carboxylic acids is 3. The number of para-hydroxylation sites is 1. The molecule has 1 N–H and O–H groups in total. The SMILES string of the molecule is O=C(CN1N=N[C@@H]2C(=O)N(c3ccccc3)C(=O)[C@@H]21)Nc1ccc(Cl)c(Cl)c1. The Kier molecular flexibility index (Phi) is 4.74. The molecule has 0 unspecified atom stereocenters. The summed E-state index contributed by atoms with van der Waals surface area (Å²) >= 11 is 11.8. The molecule has 4 rings (SSSR count). The summed E-state index contributed by atoms with van der Waals surface area (Å²) < 4.78 is 0. The van der Waals surface area contributed by atoms with E-state index in [4.69, 9.17) is 23.2 Å². The van der Waals surface area contributed by atoms with Crippen LogP contribution in [0.1, 0.15) is 0 Å². The summed E-state index contributed by atoms with van der Waals surface area (Å²) in [6.45, 7) is -0.243. The maximum Gasteiger partial charge on any atom is 0.263 e. The molecule has 0 aromatic heterocycles. The molecule has 28 heavy (non-hydrogen) atoms.